The van der Waals surface area contributed by atoms with Crippen molar-refractivity contribution < 1.29 is 9.90 Å². The van der Waals surface area contributed by atoms with Crippen molar-refractivity contribution >= 4 is 22.4 Å². The first-order valence-electron chi connectivity index (χ1n) is 8.56. The molecular formula is C18H23N3O2S. The summed E-state index contributed by atoms with van der Waals surface area (Å²) >= 11 is 1.51. The summed E-state index contributed by atoms with van der Waals surface area (Å²) in [5.41, 5.74) is 2.02. The zero-order chi connectivity index (χ0) is 16.8. The van der Waals surface area contributed by atoms with Crippen molar-refractivity contribution in [3.8, 4) is 0 Å². The maximum Gasteiger partial charge on any atom is 0.230 e. The molecule has 1 amide bonds. The Hall–Kier alpha value is -1.79. The Morgan fingerprint density at radius 1 is 1.12 bits per heavy atom. The van der Waals surface area contributed by atoms with Gasteiger partial charge in [-0.25, -0.2) is 0 Å². The van der Waals surface area contributed by atoms with Crippen LogP contribution in [0.2, 0.25) is 0 Å². The first-order valence-corrected chi connectivity index (χ1v) is 9.38. The molecule has 1 heterocycles. The Balaban J connectivity index is 1.53. The van der Waals surface area contributed by atoms with Crippen molar-refractivity contribution in [2.24, 2.45) is 0 Å². The van der Waals surface area contributed by atoms with Crippen LogP contribution in [-0.4, -0.2) is 27.8 Å². The monoisotopic (exact) mass is 345 g/mol. The van der Waals surface area contributed by atoms with E-state index in [9.17, 15) is 4.79 Å². The predicted octanol–water partition coefficient (Wildman–Crippen LogP) is 3.30. The summed E-state index contributed by atoms with van der Waals surface area (Å²) in [6.07, 6.45) is 7.16. The minimum atomic E-state index is -0.0729. The summed E-state index contributed by atoms with van der Waals surface area (Å²) in [6.45, 7) is 0.139. The summed E-state index contributed by atoms with van der Waals surface area (Å²) < 4.78 is 0. The van der Waals surface area contributed by atoms with Crippen molar-refractivity contribution in [1.29, 1.82) is 0 Å². The Morgan fingerprint density at radius 3 is 2.54 bits per heavy atom. The van der Waals surface area contributed by atoms with Gasteiger partial charge in [0, 0.05) is 12.5 Å². The van der Waals surface area contributed by atoms with Gasteiger partial charge in [0.1, 0.15) is 5.01 Å². The van der Waals surface area contributed by atoms with Gasteiger partial charge in [-0.3, -0.25) is 4.79 Å². The molecule has 1 aliphatic rings. The van der Waals surface area contributed by atoms with Gasteiger partial charge in [-0.1, -0.05) is 54.9 Å². The second-order valence-electron chi connectivity index (χ2n) is 6.30. The molecule has 1 saturated carbocycles. The Morgan fingerprint density at radius 2 is 1.83 bits per heavy atom. The summed E-state index contributed by atoms with van der Waals surface area (Å²) in [5.74, 6) is 0.442. The molecule has 1 aromatic carbocycles. The van der Waals surface area contributed by atoms with Gasteiger partial charge in [0.2, 0.25) is 11.0 Å². The first-order chi connectivity index (χ1) is 11.7. The van der Waals surface area contributed by atoms with Crippen LogP contribution in [0.15, 0.2) is 24.3 Å². The SMILES string of the molecule is O=C(Cc1ccc(CCO)cc1)Nc1nnc(C2CCCCC2)s1. The lowest BCUT2D eigenvalue weighted by Crippen LogP contribution is -2.14. The highest BCUT2D eigenvalue weighted by Gasteiger charge is 2.20. The fraction of sp³-hybridized carbons (Fsp3) is 0.500. The average Bonchev–Trinajstić information content (AvgIpc) is 3.06. The number of anilines is 1. The predicted molar refractivity (Wildman–Crippen MR) is 95.3 cm³/mol. The maximum absolute atomic E-state index is 12.2. The minimum Gasteiger partial charge on any atom is -0.396 e. The number of hydrogen-bond donors (Lipinski definition) is 2. The Labute approximate surface area is 146 Å². The second kappa shape index (κ2) is 8.35. The van der Waals surface area contributed by atoms with E-state index in [0.717, 1.165) is 16.1 Å². The molecule has 1 fully saturated rings. The van der Waals surface area contributed by atoms with Gasteiger partial charge >= 0.3 is 0 Å². The molecule has 0 aliphatic heterocycles. The van der Waals surface area contributed by atoms with Crippen LogP contribution in [0, 0.1) is 0 Å². The molecule has 2 N–H and O–H groups in total. The van der Waals surface area contributed by atoms with Crippen LogP contribution in [0.3, 0.4) is 0 Å². The third-order valence-corrected chi connectivity index (χ3v) is 5.43. The van der Waals surface area contributed by atoms with E-state index in [1.807, 2.05) is 24.3 Å². The topological polar surface area (TPSA) is 75.1 Å². The zero-order valence-corrected chi connectivity index (χ0v) is 14.5. The first kappa shape index (κ1) is 17.0. The van der Waals surface area contributed by atoms with Crippen molar-refractivity contribution in [1.82, 2.24) is 10.2 Å². The molecule has 1 aromatic heterocycles. The van der Waals surface area contributed by atoms with Gasteiger partial charge in [-0.15, -0.1) is 10.2 Å². The van der Waals surface area contributed by atoms with Crippen molar-refractivity contribution in [3.05, 3.63) is 40.4 Å². The van der Waals surface area contributed by atoms with E-state index in [2.05, 4.69) is 15.5 Å². The van der Waals surface area contributed by atoms with Gasteiger partial charge in [-0.2, -0.15) is 0 Å². The second-order valence-corrected chi connectivity index (χ2v) is 7.30. The molecule has 3 rings (SSSR count). The number of hydrogen-bond acceptors (Lipinski definition) is 5. The number of carbonyl (C=O) groups is 1. The van der Waals surface area contributed by atoms with E-state index in [1.165, 1.54) is 43.4 Å². The fourth-order valence-electron chi connectivity index (χ4n) is 3.10. The number of rotatable bonds is 6. The highest BCUT2D eigenvalue weighted by atomic mass is 32.1. The lowest BCUT2D eigenvalue weighted by molar-refractivity contribution is -0.115. The van der Waals surface area contributed by atoms with E-state index in [1.54, 1.807) is 0 Å². The number of nitrogens with one attached hydrogen (secondary N) is 1. The van der Waals surface area contributed by atoms with E-state index in [0.29, 0.717) is 23.9 Å². The highest BCUT2D eigenvalue weighted by Crippen LogP contribution is 2.35. The number of carbonyl (C=O) groups excluding carboxylic acids is 1. The third kappa shape index (κ3) is 4.61. The molecule has 0 saturated heterocycles. The van der Waals surface area contributed by atoms with Crippen molar-refractivity contribution in [2.75, 3.05) is 11.9 Å². The van der Waals surface area contributed by atoms with Gasteiger partial charge in [0.05, 0.1) is 6.42 Å². The molecule has 0 bridgehead atoms. The molecule has 24 heavy (non-hydrogen) atoms. The van der Waals surface area contributed by atoms with E-state index < -0.39 is 0 Å². The molecule has 6 heteroatoms. The number of amides is 1. The van der Waals surface area contributed by atoms with E-state index in [-0.39, 0.29) is 12.5 Å². The lowest BCUT2D eigenvalue weighted by Gasteiger charge is -2.18. The number of aliphatic hydroxyl groups excluding tert-OH is 1. The molecule has 128 valence electrons. The van der Waals surface area contributed by atoms with Crippen LogP contribution < -0.4 is 5.32 Å². The molecule has 0 radical (unpaired) electrons. The van der Waals surface area contributed by atoms with Crippen LogP contribution in [0.4, 0.5) is 5.13 Å². The van der Waals surface area contributed by atoms with Crippen LogP contribution in [0.25, 0.3) is 0 Å². The maximum atomic E-state index is 12.2. The normalized spacial score (nSPS) is 15.4. The third-order valence-electron chi connectivity index (χ3n) is 4.43. The fourth-order valence-corrected chi connectivity index (χ4v) is 4.03. The van der Waals surface area contributed by atoms with Gasteiger partial charge in [0.25, 0.3) is 0 Å². The highest BCUT2D eigenvalue weighted by molar-refractivity contribution is 7.15. The molecule has 2 aromatic rings. The van der Waals surface area contributed by atoms with Gasteiger partial charge in [-0.05, 0) is 30.4 Å². The number of benzene rings is 1. The largest absolute Gasteiger partial charge is 0.396 e. The molecule has 1 aliphatic carbocycles. The van der Waals surface area contributed by atoms with E-state index >= 15 is 0 Å². The molecule has 0 unspecified atom stereocenters. The van der Waals surface area contributed by atoms with Crippen LogP contribution in [-0.2, 0) is 17.6 Å². The van der Waals surface area contributed by atoms with Gasteiger partial charge in [0.15, 0.2) is 0 Å². The number of aromatic nitrogens is 2. The standard InChI is InChI=1S/C18H23N3O2S/c22-11-10-13-6-8-14(9-7-13)12-16(23)19-18-21-20-17(24-18)15-4-2-1-3-5-15/h6-9,15,22H,1-5,10-12H2,(H,19,21,23). The Bertz CT molecular complexity index is 663. The van der Waals surface area contributed by atoms with E-state index in [4.69, 9.17) is 5.11 Å². The molecular weight excluding hydrogens is 322 g/mol. The minimum absolute atomic E-state index is 0.0729. The number of nitrogens with zero attached hydrogens (tertiary/aromatic N) is 2. The summed E-state index contributed by atoms with van der Waals surface area (Å²) in [7, 11) is 0. The lowest BCUT2D eigenvalue weighted by atomic mass is 9.90. The zero-order valence-electron chi connectivity index (χ0n) is 13.7. The molecule has 0 atom stereocenters. The van der Waals surface area contributed by atoms with Crippen LogP contribution >= 0.6 is 11.3 Å². The molecule has 5 nitrogen and oxygen atoms in total. The number of aliphatic hydroxyl groups is 1. The molecule has 0 spiro atoms. The summed E-state index contributed by atoms with van der Waals surface area (Å²) in [6, 6.07) is 7.76. The van der Waals surface area contributed by atoms with Crippen LogP contribution in [0.1, 0.15) is 54.2 Å². The summed E-state index contributed by atoms with van der Waals surface area (Å²) in [4.78, 5) is 12.2. The van der Waals surface area contributed by atoms with Crippen molar-refractivity contribution in [3.63, 3.8) is 0 Å². The Kier molecular flexibility index (Phi) is 5.93. The quantitative estimate of drug-likeness (QED) is 0.842. The summed E-state index contributed by atoms with van der Waals surface area (Å²) in [5, 5.41) is 21.8. The van der Waals surface area contributed by atoms with Crippen LogP contribution in [0.5, 0.6) is 0 Å². The smallest absolute Gasteiger partial charge is 0.230 e. The average molecular weight is 345 g/mol. The van der Waals surface area contributed by atoms with Gasteiger partial charge < -0.3 is 10.4 Å². The van der Waals surface area contributed by atoms with Crippen molar-refractivity contribution in [2.45, 2.75) is 50.9 Å².